The monoisotopic (exact) mass is 446 g/mol. The van der Waals surface area contributed by atoms with Crippen molar-refractivity contribution in [3.05, 3.63) is 48.5 Å². The van der Waals surface area contributed by atoms with Gasteiger partial charge in [-0.3, -0.25) is 4.79 Å². The molecular formula is C22H30N4O4S. The van der Waals surface area contributed by atoms with E-state index in [1.54, 1.807) is 12.1 Å². The molecule has 0 aliphatic carbocycles. The Morgan fingerprint density at radius 2 is 1.61 bits per heavy atom. The van der Waals surface area contributed by atoms with Crippen molar-refractivity contribution in [3.63, 3.8) is 0 Å². The average Bonchev–Trinajstić information content (AvgIpc) is 2.74. The summed E-state index contributed by atoms with van der Waals surface area (Å²) in [4.78, 5) is 15.6. The molecule has 0 saturated carbocycles. The molecule has 1 amide bonds. The minimum absolute atomic E-state index is 0.195. The molecule has 1 heterocycles. The standard InChI is InChI=1S/C22H30N4O4S/c1-18(27)23-19-4-10-22(11-5-19)31(28,29)26-14-12-25(13-15-26)20-6-8-21(9-7-20)30-17-16-24(2)3/h4-11H,12-17H2,1-3H3,(H,23,27). The molecule has 3 rings (SSSR count). The summed E-state index contributed by atoms with van der Waals surface area (Å²) in [6.45, 7) is 4.96. The van der Waals surface area contributed by atoms with Crippen molar-refractivity contribution in [3.8, 4) is 5.75 Å². The number of benzene rings is 2. The van der Waals surface area contributed by atoms with Gasteiger partial charge in [0.2, 0.25) is 15.9 Å². The van der Waals surface area contributed by atoms with Gasteiger partial charge >= 0.3 is 0 Å². The van der Waals surface area contributed by atoms with E-state index >= 15 is 0 Å². The van der Waals surface area contributed by atoms with Gasteiger partial charge in [-0.25, -0.2) is 8.42 Å². The lowest BCUT2D eigenvalue weighted by Gasteiger charge is -2.35. The van der Waals surface area contributed by atoms with Gasteiger partial charge in [-0.15, -0.1) is 0 Å². The highest BCUT2D eigenvalue weighted by Crippen LogP contribution is 2.24. The van der Waals surface area contributed by atoms with Gasteiger partial charge < -0.3 is 19.9 Å². The van der Waals surface area contributed by atoms with Crippen molar-refractivity contribution in [1.82, 2.24) is 9.21 Å². The fourth-order valence-electron chi connectivity index (χ4n) is 3.35. The maximum absolute atomic E-state index is 13.0. The molecular weight excluding hydrogens is 416 g/mol. The fourth-order valence-corrected chi connectivity index (χ4v) is 4.77. The van der Waals surface area contributed by atoms with Gasteiger partial charge in [-0.1, -0.05) is 0 Å². The Morgan fingerprint density at radius 3 is 2.16 bits per heavy atom. The Labute approximate surface area is 184 Å². The lowest BCUT2D eigenvalue weighted by Crippen LogP contribution is -2.48. The van der Waals surface area contributed by atoms with Gasteiger partial charge in [0.25, 0.3) is 0 Å². The number of nitrogens with one attached hydrogen (secondary N) is 1. The number of likely N-dealkylation sites (N-methyl/N-ethyl adjacent to an activating group) is 1. The van der Waals surface area contributed by atoms with Crippen LogP contribution in [0.2, 0.25) is 0 Å². The fraction of sp³-hybridized carbons (Fsp3) is 0.409. The molecule has 0 bridgehead atoms. The van der Waals surface area contributed by atoms with Crippen LogP contribution in [0.3, 0.4) is 0 Å². The van der Waals surface area contributed by atoms with Gasteiger partial charge in [-0.05, 0) is 62.6 Å². The second-order valence-corrected chi connectivity index (χ2v) is 9.68. The topological polar surface area (TPSA) is 82.2 Å². The molecule has 9 heteroatoms. The summed E-state index contributed by atoms with van der Waals surface area (Å²) in [6.07, 6.45) is 0. The van der Waals surface area contributed by atoms with E-state index in [1.807, 2.05) is 38.4 Å². The molecule has 1 aliphatic heterocycles. The van der Waals surface area contributed by atoms with E-state index in [1.165, 1.54) is 23.4 Å². The van der Waals surface area contributed by atoms with E-state index in [9.17, 15) is 13.2 Å². The van der Waals surface area contributed by atoms with Crippen molar-refractivity contribution >= 4 is 27.3 Å². The maximum Gasteiger partial charge on any atom is 0.243 e. The molecule has 1 fully saturated rings. The zero-order chi connectivity index (χ0) is 22.4. The number of hydrogen-bond acceptors (Lipinski definition) is 6. The van der Waals surface area contributed by atoms with E-state index in [2.05, 4.69) is 15.1 Å². The first-order valence-corrected chi connectivity index (χ1v) is 11.7. The molecule has 1 aliphatic rings. The number of ether oxygens (including phenoxy) is 1. The second kappa shape index (κ2) is 10.1. The molecule has 1 N–H and O–H groups in total. The van der Waals surface area contributed by atoms with E-state index in [0.29, 0.717) is 38.5 Å². The predicted molar refractivity (Wildman–Crippen MR) is 122 cm³/mol. The Hall–Kier alpha value is -2.62. The first-order chi connectivity index (χ1) is 14.8. The number of carbonyl (C=O) groups is 1. The summed E-state index contributed by atoms with van der Waals surface area (Å²) in [5, 5.41) is 2.64. The van der Waals surface area contributed by atoms with Gasteiger partial charge in [0.05, 0.1) is 4.90 Å². The zero-order valence-corrected chi connectivity index (χ0v) is 19.1. The van der Waals surface area contributed by atoms with Gasteiger partial charge in [0, 0.05) is 51.0 Å². The first kappa shape index (κ1) is 23.1. The molecule has 31 heavy (non-hydrogen) atoms. The molecule has 0 spiro atoms. The van der Waals surface area contributed by atoms with Crippen molar-refractivity contribution in [2.24, 2.45) is 0 Å². The smallest absolute Gasteiger partial charge is 0.243 e. The van der Waals surface area contributed by atoms with Crippen LogP contribution in [0.5, 0.6) is 5.75 Å². The molecule has 2 aromatic carbocycles. The van der Waals surface area contributed by atoms with E-state index in [4.69, 9.17) is 4.74 Å². The van der Waals surface area contributed by atoms with Crippen LogP contribution in [0.1, 0.15) is 6.92 Å². The lowest BCUT2D eigenvalue weighted by molar-refractivity contribution is -0.114. The minimum Gasteiger partial charge on any atom is -0.492 e. The Kier molecular flexibility index (Phi) is 7.53. The molecule has 8 nitrogen and oxygen atoms in total. The lowest BCUT2D eigenvalue weighted by atomic mass is 10.2. The van der Waals surface area contributed by atoms with Crippen LogP contribution in [0, 0.1) is 0 Å². The van der Waals surface area contributed by atoms with Crippen molar-refractivity contribution in [2.45, 2.75) is 11.8 Å². The molecule has 1 saturated heterocycles. The summed E-state index contributed by atoms with van der Waals surface area (Å²) in [5.41, 5.74) is 1.63. The number of anilines is 2. The molecule has 0 atom stereocenters. The van der Waals surface area contributed by atoms with E-state index in [-0.39, 0.29) is 10.8 Å². The Bertz CT molecular complexity index is 968. The quantitative estimate of drug-likeness (QED) is 0.669. The van der Waals surface area contributed by atoms with E-state index < -0.39 is 10.0 Å². The van der Waals surface area contributed by atoms with Crippen molar-refractivity contribution in [1.29, 1.82) is 0 Å². The minimum atomic E-state index is -3.57. The Morgan fingerprint density at radius 1 is 1.00 bits per heavy atom. The van der Waals surface area contributed by atoms with Crippen LogP contribution in [-0.2, 0) is 14.8 Å². The molecule has 0 unspecified atom stereocenters. The number of rotatable bonds is 8. The van der Waals surface area contributed by atoms with Crippen LogP contribution in [-0.4, -0.2) is 77.0 Å². The van der Waals surface area contributed by atoms with E-state index in [0.717, 1.165) is 18.0 Å². The summed E-state index contributed by atoms with van der Waals surface area (Å²) >= 11 is 0. The zero-order valence-electron chi connectivity index (χ0n) is 18.2. The summed E-state index contributed by atoms with van der Waals surface area (Å²) < 4.78 is 33.2. The largest absolute Gasteiger partial charge is 0.492 e. The summed E-state index contributed by atoms with van der Waals surface area (Å²) in [6, 6.07) is 14.2. The molecule has 0 radical (unpaired) electrons. The number of nitrogens with zero attached hydrogens (tertiary/aromatic N) is 3. The second-order valence-electron chi connectivity index (χ2n) is 7.74. The SMILES string of the molecule is CC(=O)Nc1ccc(S(=O)(=O)N2CCN(c3ccc(OCCN(C)C)cc3)CC2)cc1. The van der Waals surface area contributed by atoms with Crippen LogP contribution < -0.4 is 15.0 Å². The third-order valence-corrected chi connectivity index (χ3v) is 6.97. The highest BCUT2D eigenvalue weighted by Gasteiger charge is 2.28. The average molecular weight is 447 g/mol. The summed E-state index contributed by atoms with van der Waals surface area (Å²) in [5.74, 6) is 0.634. The maximum atomic E-state index is 13.0. The third-order valence-electron chi connectivity index (χ3n) is 5.06. The molecule has 0 aromatic heterocycles. The van der Waals surface area contributed by atoms with Gasteiger partial charge in [0.1, 0.15) is 12.4 Å². The number of carbonyl (C=O) groups excluding carboxylic acids is 1. The van der Waals surface area contributed by atoms with Crippen LogP contribution in [0.25, 0.3) is 0 Å². The number of sulfonamides is 1. The van der Waals surface area contributed by atoms with Crippen LogP contribution in [0.15, 0.2) is 53.4 Å². The molecule has 2 aromatic rings. The molecule has 168 valence electrons. The summed E-state index contributed by atoms with van der Waals surface area (Å²) in [7, 11) is 0.447. The van der Waals surface area contributed by atoms with Crippen LogP contribution in [0.4, 0.5) is 11.4 Å². The van der Waals surface area contributed by atoms with Gasteiger partial charge in [0.15, 0.2) is 0 Å². The van der Waals surface area contributed by atoms with Crippen LogP contribution >= 0.6 is 0 Å². The van der Waals surface area contributed by atoms with Crippen molar-refractivity contribution in [2.75, 3.05) is 63.6 Å². The normalized spacial score (nSPS) is 15.2. The predicted octanol–water partition coefficient (Wildman–Crippen LogP) is 2.10. The number of hydrogen-bond donors (Lipinski definition) is 1. The first-order valence-electron chi connectivity index (χ1n) is 10.3. The van der Waals surface area contributed by atoms with Gasteiger partial charge in [-0.2, -0.15) is 4.31 Å². The highest BCUT2D eigenvalue weighted by atomic mass is 32.2. The number of piperazine rings is 1. The Balaban J connectivity index is 1.56. The van der Waals surface area contributed by atoms with Crippen molar-refractivity contribution < 1.29 is 17.9 Å². The highest BCUT2D eigenvalue weighted by molar-refractivity contribution is 7.89. The number of amides is 1. The third kappa shape index (κ3) is 6.19.